The standard InChI is InChI=1S/C71H112O6/c1-4-7-10-13-16-19-22-25-27-29-31-33-34-35-36-38-39-41-43-46-49-52-55-58-61-64-70(73)76-67-68(66-75-69(72)63-60-57-54-51-48-45-24-21-18-15-12-9-6-3)77-71(74)65-62-59-56-53-50-47-44-42-40-37-32-30-28-26-23-20-17-14-11-8-5-2/h7-8,10-12,15-17,19-21,24-28,31-33,35-37,39,41,46,49,68H,4-6,9,13-14,18,22-23,29-30,34,38,40,42-45,47-48,50-67H2,1-3H3/b10-7-,11-8-,15-12-,19-16-,20-17-,24-21-,27-25-,28-26-,33-31-,36-35-,37-32-,41-39-,49-46-. The lowest BCUT2D eigenvalue weighted by Crippen LogP contribution is -2.30. The van der Waals surface area contributed by atoms with Gasteiger partial charge < -0.3 is 14.2 Å². The Morgan fingerprint density at radius 3 is 0.805 bits per heavy atom. The van der Waals surface area contributed by atoms with Crippen LogP contribution >= 0.6 is 0 Å². The predicted molar refractivity (Wildman–Crippen MR) is 334 cm³/mol. The molecule has 0 fully saturated rings. The fraction of sp³-hybridized carbons (Fsp3) is 0.592. The normalized spacial score (nSPS) is 13.2. The largest absolute Gasteiger partial charge is 0.462 e. The minimum Gasteiger partial charge on any atom is -0.462 e. The molecule has 0 rings (SSSR count). The van der Waals surface area contributed by atoms with Crippen molar-refractivity contribution in [2.75, 3.05) is 13.2 Å². The second kappa shape index (κ2) is 63.6. The summed E-state index contributed by atoms with van der Waals surface area (Å²) in [6.07, 6.45) is 92.4. The number of ether oxygens (including phenoxy) is 3. The second-order valence-corrected chi connectivity index (χ2v) is 19.8. The van der Waals surface area contributed by atoms with Gasteiger partial charge >= 0.3 is 17.9 Å². The summed E-state index contributed by atoms with van der Waals surface area (Å²) in [5, 5.41) is 0. The van der Waals surface area contributed by atoms with Gasteiger partial charge in [0.2, 0.25) is 0 Å². The van der Waals surface area contributed by atoms with Crippen molar-refractivity contribution >= 4 is 17.9 Å². The van der Waals surface area contributed by atoms with E-state index in [2.05, 4.69) is 179 Å². The third-order valence-corrected chi connectivity index (χ3v) is 12.5. The van der Waals surface area contributed by atoms with Crippen LogP contribution in [0, 0.1) is 0 Å². The average molecular weight is 1060 g/mol. The zero-order chi connectivity index (χ0) is 55.7. The van der Waals surface area contributed by atoms with Crippen LogP contribution in [0.3, 0.4) is 0 Å². The zero-order valence-corrected chi connectivity index (χ0v) is 49.4. The lowest BCUT2D eigenvalue weighted by atomic mass is 10.1. The molecule has 0 saturated carbocycles. The third-order valence-electron chi connectivity index (χ3n) is 12.5. The molecule has 0 heterocycles. The maximum absolute atomic E-state index is 12.9. The van der Waals surface area contributed by atoms with E-state index < -0.39 is 6.10 Å². The minimum atomic E-state index is -0.812. The Bertz CT molecular complexity index is 1740. The molecule has 1 unspecified atom stereocenters. The lowest BCUT2D eigenvalue weighted by Gasteiger charge is -2.18. The van der Waals surface area contributed by atoms with Gasteiger partial charge in [-0.05, 0) is 141 Å². The molecule has 0 spiro atoms. The van der Waals surface area contributed by atoms with E-state index in [0.29, 0.717) is 19.3 Å². The van der Waals surface area contributed by atoms with Gasteiger partial charge in [0, 0.05) is 19.3 Å². The molecule has 0 aliphatic heterocycles. The molecule has 6 nitrogen and oxygen atoms in total. The molecule has 0 radical (unpaired) electrons. The molecule has 77 heavy (non-hydrogen) atoms. The second-order valence-electron chi connectivity index (χ2n) is 19.8. The van der Waals surface area contributed by atoms with E-state index in [1.165, 1.54) is 38.5 Å². The molecule has 0 aromatic heterocycles. The molecule has 0 N–H and O–H groups in total. The molecule has 0 aromatic rings. The number of esters is 3. The van der Waals surface area contributed by atoms with Crippen molar-refractivity contribution in [2.24, 2.45) is 0 Å². The van der Waals surface area contributed by atoms with Crippen LogP contribution < -0.4 is 0 Å². The highest BCUT2D eigenvalue weighted by Gasteiger charge is 2.19. The number of unbranched alkanes of at least 4 members (excludes halogenated alkanes) is 17. The highest BCUT2D eigenvalue weighted by atomic mass is 16.6. The molecule has 0 amide bonds. The Balaban J connectivity index is 4.47. The highest BCUT2D eigenvalue weighted by molar-refractivity contribution is 5.71. The van der Waals surface area contributed by atoms with E-state index in [9.17, 15) is 14.4 Å². The van der Waals surface area contributed by atoms with Gasteiger partial charge in [-0.25, -0.2) is 0 Å². The quantitative estimate of drug-likeness (QED) is 0.0261. The van der Waals surface area contributed by atoms with Crippen molar-refractivity contribution in [2.45, 2.75) is 258 Å². The van der Waals surface area contributed by atoms with Gasteiger partial charge in [-0.2, -0.15) is 0 Å². The van der Waals surface area contributed by atoms with Gasteiger partial charge in [0.1, 0.15) is 13.2 Å². The number of carbonyl (C=O) groups is 3. The topological polar surface area (TPSA) is 78.9 Å². The number of carbonyl (C=O) groups excluding carboxylic acids is 3. The Hall–Kier alpha value is -4.97. The summed E-state index contributed by atoms with van der Waals surface area (Å²) in [5.74, 6) is -0.966. The number of allylic oxidation sites excluding steroid dienone is 26. The molecule has 0 aliphatic rings. The Morgan fingerprint density at radius 2 is 0.506 bits per heavy atom. The Labute approximate surface area is 473 Å². The van der Waals surface area contributed by atoms with E-state index in [4.69, 9.17) is 14.2 Å². The summed E-state index contributed by atoms with van der Waals surface area (Å²) < 4.78 is 16.9. The van der Waals surface area contributed by atoms with Crippen LogP contribution in [0.1, 0.15) is 252 Å². The summed E-state index contributed by atoms with van der Waals surface area (Å²) in [6, 6.07) is 0. The van der Waals surface area contributed by atoms with E-state index >= 15 is 0 Å². The molecular formula is C71H112O6. The zero-order valence-electron chi connectivity index (χ0n) is 49.4. The molecule has 432 valence electrons. The van der Waals surface area contributed by atoms with Crippen LogP contribution in [0.15, 0.2) is 158 Å². The molecule has 6 heteroatoms. The Kier molecular flexibility index (Phi) is 59.5. The maximum Gasteiger partial charge on any atom is 0.306 e. The van der Waals surface area contributed by atoms with E-state index in [-0.39, 0.29) is 31.1 Å². The first-order chi connectivity index (χ1) is 38.0. The van der Waals surface area contributed by atoms with Crippen molar-refractivity contribution in [1.29, 1.82) is 0 Å². The summed E-state index contributed by atoms with van der Waals surface area (Å²) in [5.41, 5.74) is 0. The van der Waals surface area contributed by atoms with Crippen LogP contribution in [-0.4, -0.2) is 37.2 Å². The minimum absolute atomic E-state index is 0.106. The monoisotopic (exact) mass is 1060 g/mol. The van der Waals surface area contributed by atoms with Crippen molar-refractivity contribution in [3.8, 4) is 0 Å². The van der Waals surface area contributed by atoms with Gasteiger partial charge in [-0.1, -0.05) is 249 Å². The van der Waals surface area contributed by atoms with Crippen molar-refractivity contribution < 1.29 is 28.6 Å². The lowest BCUT2D eigenvalue weighted by molar-refractivity contribution is -0.167. The van der Waals surface area contributed by atoms with Crippen molar-refractivity contribution in [1.82, 2.24) is 0 Å². The van der Waals surface area contributed by atoms with Gasteiger partial charge in [0.15, 0.2) is 6.10 Å². The van der Waals surface area contributed by atoms with Crippen molar-refractivity contribution in [3.63, 3.8) is 0 Å². The van der Waals surface area contributed by atoms with Crippen LogP contribution in [0.5, 0.6) is 0 Å². The first-order valence-corrected chi connectivity index (χ1v) is 31.0. The maximum atomic E-state index is 12.9. The van der Waals surface area contributed by atoms with Crippen LogP contribution in [0.25, 0.3) is 0 Å². The summed E-state index contributed by atoms with van der Waals surface area (Å²) in [4.78, 5) is 38.3. The van der Waals surface area contributed by atoms with Gasteiger partial charge in [-0.3, -0.25) is 14.4 Å². The molecular weight excluding hydrogens is 949 g/mol. The Morgan fingerprint density at radius 1 is 0.273 bits per heavy atom. The van der Waals surface area contributed by atoms with Gasteiger partial charge in [0.05, 0.1) is 0 Å². The van der Waals surface area contributed by atoms with Crippen LogP contribution in [0.2, 0.25) is 0 Å². The number of rotatable bonds is 54. The molecule has 0 aromatic carbocycles. The molecule has 0 bridgehead atoms. The number of hydrogen-bond acceptors (Lipinski definition) is 6. The third kappa shape index (κ3) is 61.8. The molecule has 1 atom stereocenters. The molecule has 0 aliphatic carbocycles. The summed E-state index contributed by atoms with van der Waals surface area (Å²) in [6.45, 7) is 6.29. The fourth-order valence-electron chi connectivity index (χ4n) is 7.92. The van der Waals surface area contributed by atoms with E-state index in [0.717, 1.165) is 173 Å². The first-order valence-electron chi connectivity index (χ1n) is 31.0. The molecule has 0 saturated heterocycles. The SMILES string of the molecule is CC/C=C\C/C=C\C/C=C\C/C=C\C/C=C\C/C=C\C/C=C\CCCCCC(=O)OCC(COC(=O)CCCCCCC/C=C\C/C=C\CCC)OC(=O)CCCCCCCCCC/C=C\C/C=C\C/C=C\C/C=C\CC. The van der Waals surface area contributed by atoms with Gasteiger partial charge in [-0.15, -0.1) is 0 Å². The summed E-state index contributed by atoms with van der Waals surface area (Å²) in [7, 11) is 0. The van der Waals surface area contributed by atoms with Crippen LogP contribution in [0.4, 0.5) is 0 Å². The number of hydrogen-bond donors (Lipinski definition) is 0. The fourth-order valence-corrected chi connectivity index (χ4v) is 7.92. The average Bonchev–Trinajstić information content (AvgIpc) is 3.43. The highest BCUT2D eigenvalue weighted by Crippen LogP contribution is 2.14. The first kappa shape index (κ1) is 72.0. The van der Waals surface area contributed by atoms with Gasteiger partial charge in [0.25, 0.3) is 0 Å². The predicted octanol–water partition coefficient (Wildman–Crippen LogP) is 21.3. The van der Waals surface area contributed by atoms with E-state index in [1.807, 2.05) is 0 Å². The van der Waals surface area contributed by atoms with Crippen LogP contribution in [-0.2, 0) is 28.6 Å². The van der Waals surface area contributed by atoms with E-state index in [1.54, 1.807) is 0 Å². The van der Waals surface area contributed by atoms with Crippen molar-refractivity contribution in [3.05, 3.63) is 158 Å². The summed E-state index contributed by atoms with van der Waals surface area (Å²) >= 11 is 0. The smallest absolute Gasteiger partial charge is 0.306 e.